The number of rotatable bonds is 6. The number of halogens is 2. The largest absolute Gasteiger partial charge is 0.467 e. The summed E-state index contributed by atoms with van der Waals surface area (Å²) in [5.74, 6) is -1.14. The number of carbonyl (C=O) groups excluding carboxylic acids is 2. The highest BCUT2D eigenvalue weighted by atomic mass is 35.5. The van der Waals surface area contributed by atoms with Gasteiger partial charge in [0.15, 0.2) is 6.61 Å². The number of furan rings is 1. The molecule has 0 spiro atoms. The topological polar surface area (TPSA) is 89.9 Å². The third-order valence-corrected chi connectivity index (χ3v) is 6.72. The van der Waals surface area contributed by atoms with Crippen LogP contribution in [0.1, 0.15) is 39.2 Å². The highest BCUT2D eigenvalue weighted by Crippen LogP contribution is 2.34. The number of carbonyl (C=O) groups is 2. The van der Waals surface area contributed by atoms with Crippen LogP contribution >= 0.6 is 22.9 Å². The highest BCUT2D eigenvalue weighted by molar-refractivity contribution is 7.12. The van der Waals surface area contributed by atoms with Gasteiger partial charge in [-0.25, -0.2) is 18.9 Å². The number of thiophene rings is 1. The predicted molar refractivity (Wildman–Crippen MR) is 127 cm³/mol. The third-order valence-electron chi connectivity index (χ3n) is 5.45. The molecule has 0 bridgehead atoms. The van der Waals surface area contributed by atoms with Crippen LogP contribution in [-0.2, 0) is 9.53 Å². The number of hydrogen-bond donors (Lipinski definition) is 0. The van der Waals surface area contributed by atoms with Crippen molar-refractivity contribution in [1.82, 2.24) is 14.8 Å². The number of esters is 1. The predicted octanol–water partition coefficient (Wildman–Crippen LogP) is 5.16. The van der Waals surface area contributed by atoms with Gasteiger partial charge in [0.2, 0.25) is 0 Å². The lowest BCUT2D eigenvalue weighted by atomic mass is 10.1. The first-order valence-electron chi connectivity index (χ1n) is 10.6. The zero-order chi connectivity index (χ0) is 24.5. The second kappa shape index (κ2) is 9.47. The van der Waals surface area contributed by atoms with E-state index in [9.17, 15) is 14.0 Å². The van der Waals surface area contributed by atoms with Gasteiger partial charge in [0.05, 0.1) is 28.2 Å². The Morgan fingerprint density at radius 2 is 2.03 bits per heavy atom. The first kappa shape index (κ1) is 23.0. The molecule has 178 valence electrons. The summed E-state index contributed by atoms with van der Waals surface area (Å²) >= 11 is 7.91. The standard InChI is InChI=1S/C24H18ClFN4O4S/c1-14-22(23(25)29(27-14)16-8-6-15(26)7-9-16)24(32)34-13-21(31)30-18(19-4-2-10-33-19)12-17(28-30)20-5-3-11-35-20/h2-11,18H,12-13H2,1H3/t18-/m0/s1. The van der Waals surface area contributed by atoms with Crippen LogP contribution in [0.15, 0.2) is 69.7 Å². The van der Waals surface area contributed by atoms with Crippen molar-refractivity contribution in [2.45, 2.75) is 19.4 Å². The summed E-state index contributed by atoms with van der Waals surface area (Å²) in [6.45, 7) is 1.05. The molecule has 1 atom stereocenters. The Hall–Kier alpha value is -3.76. The van der Waals surface area contributed by atoms with Gasteiger partial charge in [0.1, 0.15) is 28.3 Å². The van der Waals surface area contributed by atoms with Crippen molar-refractivity contribution in [1.29, 1.82) is 0 Å². The highest BCUT2D eigenvalue weighted by Gasteiger charge is 2.36. The van der Waals surface area contributed by atoms with Crippen LogP contribution in [0, 0.1) is 12.7 Å². The summed E-state index contributed by atoms with van der Waals surface area (Å²) in [5, 5.41) is 12.0. The van der Waals surface area contributed by atoms with Gasteiger partial charge in [0.25, 0.3) is 5.91 Å². The summed E-state index contributed by atoms with van der Waals surface area (Å²) in [7, 11) is 0. The third kappa shape index (κ3) is 4.50. The fourth-order valence-electron chi connectivity index (χ4n) is 3.78. The lowest BCUT2D eigenvalue weighted by Crippen LogP contribution is -2.31. The summed E-state index contributed by atoms with van der Waals surface area (Å²) in [4.78, 5) is 26.8. The minimum Gasteiger partial charge on any atom is -0.467 e. The van der Waals surface area contributed by atoms with Crippen LogP contribution in [0.2, 0.25) is 5.15 Å². The number of amides is 1. The normalized spacial score (nSPS) is 15.3. The molecule has 3 aromatic heterocycles. The lowest BCUT2D eigenvalue weighted by Gasteiger charge is -2.19. The van der Waals surface area contributed by atoms with Gasteiger partial charge in [-0.05, 0) is 54.8 Å². The maximum absolute atomic E-state index is 13.3. The van der Waals surface area contributed by atoms with E-state index in [4.69, 9.17) is 20.8 Å². The minimum absolute atomic E-state index is 0.000746. The molecule has 35 heavy (non-hydrogen) atoms. The van der Waals surface area contributed by atoms with E-state index in [2.05, 4.69) is 10.2 Å². The maximum atomic E-state index is 13.3. The molecule has 0 aliphatic carbocycles. The van der Waals surface area contributed by atoms with E-state index in [-0.39, 0.29) is 10.7 Å². The van der Waals surface area contributed by atoms with Gasteiger partial charge < -0.3 is 9.15 Å². The summed E-state index contributed by atoms with van der Waals surface area (Å²) in [5.41, 5.74) is 1.56. The van der Waals surface area contributed by atoms with Crippen LogP contribution in [0.25, 0.3) is 5.69 Å². The van der Waals surface area contributed by atoms with Crippen molar-refractivity contribution in [2.24, 2.45) is 5.10 Å². The van der Waals surface area contributed by atoms with Crippen LogP contribution in [-0.4, -0.2) is 39.0 Å². The van der Waals surface area contributed by atoms with E-state index in [1.807, 2.05) is 17.5 Å². The summed E-state index contributed by atoms with van der Waals surface area (Å²) < 4.78 is 25.4. The van der Waals surface area contributed by atoms with Gasteiger partial charge in [-0.2, -0.15) is 10.2 Å². The molecule has 8 nitrogen and oxygen atoms in total. The Labute approximate surface area is 208 Å². The molecule has 0 radical (unpaired) electrons. The summed E-state index contributed by atoms with van der Waals surface area (Å²) in [6.07, 6.45) is 2.01. The molecule has 0 fully saturated rings. The second-order valence-corrected chi connectivity index (χ2v) is 9.02. The van der Waals surface area contributed by atoms with E-state index in [0.29, 0.717) is 23.6 Å². The van der Waals surface area contributed by atoms with Crippen LogP contribution < -0.4 is 0 Å². The zero-order valence-electron chi connectivity index (χ0n) is 18.4. The lowest BCUT2D eigenvalue weighted by molar-refractivity contribution is -0.136. The van der Waals surface area contributed by atoms with E-state index < -0.39 is 30.3 Å². The number of hydrogen-bond acceptors (Lipinski definition) is 7. The number of hydrazone groups is 1. The molecule has 1 aromatic carbocycles. The van der Waals surface area contributed by atoms with Crippen LogP contribution in [0.4, 0.5) is 4.39 Å². The van der Waals surface area contributed by atoms with Crippen molar-refractivity contribution in [3.63, 3.8) is 0 Å². The molecule has 0 N–H and O–H groups in total. The van der Waals surface area contributed by atoms with Gasteiger partial charge in [-0.15, -0.1) is 11.3 Å². The van der Waals surface area contributed by atoms with Gasteiger partial charge in [-0.3, -0.25) is 4.79 Å². The number of nitrogens with zero attached hydrogens (tertiary/aromatic N) is 4. The molecule has 1 aliphatic heterocycles. The quantitative estimate of drug-likeness (QED) is 0.333. The van der Waals surface area contributed by atoms with E-state index in [0.717, 1.165) is 10.6 Å². The number of ether oxygens (including phenoxy) is 1. The van der Waals surface area contributed by atoms with E-state index >= 15 is 0 Å². The van der Waals surface area contributed by atoms with Gasteiger partial charge in [-0.1, -0.05) is 17.7 Å². The Balaban J connectivity index is 1.33. The van der Waals surface area contributed by atoms with Crippen molar-refractivity contribution in [3.8, 4) is 5.69 Å². The number of aromatic nitrogens is 2. The second-order valence-electron chi connectivity index (χ2n) is 7.71. The first-order chi connectivity index (χ1) is 16.9. The average Bonchev–Trinajstić information content (AvgIpc) is 3.64. The zero-order valence-corrected chi connectivity index (χ0v) is 19.9. The molecule has 1 amide bonds. The van der Waals surface area contributed by atoms with Crippen LogP contribution in [0.5, 0.6) is 0 Å². The van der Waals surface area contributed by atoms with Crippen molar-refractivity contribution >= 4 is 40.5 Å². The summed E-state index contributed by atoms with van der Waals surface area (Å²) in [6, 6.07) is 12.4. The minimum atomic E-state index is -0.801. The molecule has 11 heteroatoms. The number of aryl methyl sites for hydroxylation is 1. The molecule has 1 aliphatic rings. The van der Waals surface area contributed by atoms with Crippen LogP contribution in [0.3, 0.4) is 0 Å². The monoisotopic (exact) mass is 512 g/mol. The molecule has 0 saturated heterocycles. The average molecular weight is 513 g/mol. The van der Waals surface area contributed by atoms with E-state index in [1.54, 1.807) is 19.1 Å². The van der Waals surface area contributed by atoms with Crippen molar-refractivity contribution < 1.29 is 23.1 Å². The van der Waals surface area contributed by atoms with Gasteiger partial charge >= 0.3 is 5.97 Å². The maximum Gasteiger partial charge on any atom is 0.343 e. The molecule has 0 saturated carbocycles. The fraction of sp³-hybridized carbons (Fsp3) is 0.167. The van der Waals surface area contributed by atoms with Crippen molar-refractivity contribution in [2.75, 3.05) is 6.61 Å². The molecule has 4 heterocycles. The Bertz CT molecular complexity index is 1400. The first-order valence-corrected chi connectivity index (χ1v) is 11.8. The molecule has 0 unspecified atom stereocenters. The Morgan fingerprint density at radius 1 is 1.23 bits per heavy atom. The Kier molecular flexibility index (Phi) is 6.23. The number of benzene rings is 1. The molecule has 4 aromatic rings. The molecule has 5 rings (SSSR count). The SMILES string of the molecule is Cc1nn(-c2ccc(F)cc2)c(Cl)c1C(=O)OCC(=O)N1N=C(c2cccs2)C[C@H]1c1ccco1. The fourth-order valence-corrected chi connectivity index (χ4v) is 4.85. The van der Waals surface area contributed by atoms with E-state index in [1.165, 1.54) is 51.6 Å². The Morgan fingerprint density at radius 3 is 2.71 bits per heavy atom. The van der Waals surface area contributed by atoms with Crippen molar-refractivity contribution in [3.05, 3.63) is 93.0 Å². The molecular formula is C24H18ClFN4O4S. The smallest absolute Gasteiger partial charge is 0.343 e. The van der Waals surface area contributed by atoms with Gasteiger partial charge in [0, 0.05) is 6.42 Å². The molecular weight excluding hydrogens is 495 g/mol.